The maximum atomic E-state index is 12.7. The van der Waals surface area contributed by atoms with E-state index in [9.17, 15) is 13.2 Å². The second-order valence-electron chi connectivity index (χ2n) is 5.99. The number of anilines is 1. The number of carbonyl (C=O) groups is 1. The summed E-state index contributed by atoms with van der Waals surface area (Å²) in [6.45, 7) is 1.40. The van der Waals surface area contributed by atoms with Crippen molar-refractivity contribution in [3.05, 3.63) is 71.9 Å². The molecule has 4 rings (SSSR count). The van der Waals surface area contributed by atoms with Crippen molar-refractivity contribution in [2.45, 2.75) is 11.8 Å². The molecule has 0 atom stereocenters. The van der Waals surface area contributed by atoms with Gasteiger partial charge in [0.05, 0.1) is 10.6 Å². The molecule has 0 aliphatic rings. The topological polar surface area (TPSA) is 80.5 Å². The van der Waals surface area contributed by atoms with Crippen molar-refractivity contribution in [1.29, 1.82) is 0 Å². The molecule has 0 aliphatic heterocycles. The first-order chi connectivity index (χ1) is 12.9. The smallest absolute Gasteiger partial charge is 0.261 e. The van der Waals surface area contributed by atoms with Gasteiger partial charge in [0, 0.05) is 34.6 Å². The standard InChI is InChI=1S/C19H15N3O3S2/c1-13(23)14-4-3-7-17(11-14)27(24,25)21-16-6-2-5-15(10-16)18-12-22-8-9-26-19(22)20-18/h2-12,21H,1H3. The Hall–Kier alpha value is -2.97. The van der Waals surface area contributed by atoms with Crippen LogP contribution in [-0.2, 0) is 10.0 Å². The van der Waals surface area contributed by atoms with E-state index in [1.165, 1.54) is 30.4 Å². The molecule has 2 aromatic carbocycles. The van der Waals surface area contributed by atoms with Crippen LogP contribution in [0.5, 0.6) is 0 Å². The van der Waals surface area contributed by atoms with Gasteiger partial charge < -0.3 is 0 Å². The van der Waals surface area contributed by atoms with Crippen LogP contribution in [0.1, 0.15) is 17.3 Å². The maximum absolute atomic E-state index is 12.7. The summed E-state index contributed by atoms with van der Waals surface area (Å²) in [5.41, 5.74) is 2.35. The molecule has 0 bridgehead atoms. The summed E-state index contributed by atoms with van der Waals surface area (Å²) in [5.74, 6) is -0.186. The van der Waals surface area contributed by atoms with E-state index >= 15 is 0 Å². The van der Waals surface area contributed by atoms with Crippen molar-refractivity contribution in [3.63, 3.8) is 0 Å². The molecule has 4 aromatic rings. The van der Waals surface area contributed by atoms with Crippen LogP contribution in [0.2, 0.25) is 0 Å². The van der Waals surface area contributed by atoms with E-state index in [0.29, 0.717) is 11.3 Å². The molecular formula is C19H15N3O3S2. The molecule has 27 heavy (non-hydrogen) atoms. The van der Waals surface area contributed by atoms with Gasteiger partial charge in [0.25, 0.3) is 10.0 Å². The van der Waals surface area contributed by atoms with E-state index in [1.807, 2.05) is 28.2 Å². The number of nitrogens with zero attached hydrogens (tertiary/aromatic N) is 2. The number of nitrogens with one attached hydrogen (secondary N) is 1. The Bertz CT molecular complexity index is 1230. The van der Waals surface area contributed by atoms with Gasteiger partial charge in [-0.05, 0) is 31.2 Å². The zero-order valence-corrected chi connectivity index (χ0v) is 15.9. The number of hydrogen-bond acceptors (Lipinski definition) is 5. The third kappa shape index (κ3) is 3.49. The number of hydrogen-bond donors (Lipinski definition) is 1. The van der Waals surface area contributed by atoms with Gasteiger partial charge in [-0.1, -0.05) is 24.3 Å². The van der Waals surface area contributed by atoms with Gasteiger partial charge in [-0.2, -0.15) is 0 Å². The summed E-state index contributed by atoms with van der Waals surface area (Å²) in [6.07, 6.45) is 3.82. The predicted octanol–water partition coefficient (Wildman–Crippen LogP) is 4.07. The lowest BCUT2D eigenvalue weighted by atomic mass is 10.1. The molecule has 6 nitrogen and oxygen atoms in total. The number of rotatable bonds is 5. The molecule has 0 amide bonds. The first-order valence-electron chi connectivity index (χ1n) is 8.09. The Morgan fingerprint density at radius 1 is 1.15 bits per heavy atom. The monoisotopic (exact) mass is 397 g/mol. The number of carbonyl (C=O) groups excluding carboxylic acids is 1. The summed E-state index contributed by atoms with van der Waals surface area (Å²) >= 11 is 1.53. The number of ketones is 1. The van der Waals surface area contributed by atoms with E-state index in [1.54, 1.807) is 30.3 Å². The average molecular weight is 397 g/mol. The lowest BCUT2D eigenvalue weighted by molar-refractivity contribution is 0.101. The normalized spacial score (nSPS) is 11.6. The van der Waals surface area contributed by atoms with Crippen LogP contribution in [0.3, 0.4) is 0 Å². The average Bonchev–Trinajstić information content (AvgIpc) is 3.24. The van der Waals surface area contributed by atoms with E-state index in [4.69, 9.17) is 0 Å². The van der Waals surface area contributed by atoms with Gasteiger partial charge in [0.15, 0.2) is 10.7 Å². The Morgan fingerprint density at radius 3 is 2.74 bits per heavy atom. The highest BCUT2D eigenvalue weighted by atomic mass is 32.2. The molecule has 2 aromatic heterocycles. The van der Waals surface area contributed by atoms with Crippen LogP contribution in [-0.4, -0.2) is 23.6 Å². The number of imidazole rings is 1. The number of sulfonamides is 1. The van der Waals surface area contributed by atoms with Gasteiger partial charge in [-0.3, -0.25) is 13.9 Å². The molecular weight excluding hydrogens is 382 g/mol. The van der Waals surface area contributed by atoms with Crippen LogP contribution >= 0.6 is 11.3 Å². The Balaban J connectivity index is 1.65. The fraction of sp³-hybridized carbons (Fsp3) is 0.0526. The van der Waals surface area contributed by atoms with Crippen molar-refractivity contribution < 1.29 is 13.2 Å². The zero-order valence-electron chi connectivity index (χ0n) is 14.3. The molecule has 0 fully saturated rings. The highest BCUT2D eigenvalue weighted by Crippen LogP contribution is 2.25. The summed E-state index contributed by atoms with van der Waals surface area (Å²) in [7, 11) is -3.81. The summed E-state index contributed by atoms with van der Waals surface area (Å²) in [5, 5.41) is 1.95. The number of thiazole rings is 1. The van der Waals surface area contributed by atoms with Gasteiger partial charge in [-0.25, -0.2) is 13.4 Å². The molecule has 0 aliphatic carbocycles. The van der Waals surface area contributed by atoms with Crippen molar-refractivity contribution in [1.82, 2.24) is 9.38 Å². The van der Waals surface area contributed by atoms with Crippen LogP contribution in [0, 0.1) is 0 Å². The van der Waals surface area contributed by atoms with E-state index in [0.717, 1.165) is 16.2 Å². The van der Waals surface area contributed by atoms with Crippen molar-refractivity contribution in [2.75, 3.05) is 4.72 Å². The van der Waals surface area contributed by atoms with Crippen LogP contribution in [0.15, 0.2) is 71.2 Å². The van der Waals surface area contributed by atoms with Crippen LogP contribution in [0.4, 0.5) is 5.69 Å². The van der Waals surface area contributed by atoms with Gasteiger partial charge in [0.1, 0.15) is 0 Å². The van der Waals surface area contributed by atoms with E-state index < -0.39 is 10.0 Å². The molecule has 0 saturated carbocycles. The fourth-order valence-electron chi connectivity index (χ4n) is 2.70. The van der Waals surface area contributed by atoms with Crippen molar-refractivity contribution in [2.24, 2.45) is 0 Å². The highest BCUT2D eigenvalue weighted by molar-refractivity contribution is 7.92. The fourth-order valence-corrected chi connectivity index (χ4v) is 4.50. The number of aromatic nitrogens is 2. The summed E-state index contributed by atoms with van der Waals surface area (Å²) in [4.78, 5) is 17.0. The SMILES string of the molecule is CC(=O)c1cccc(S(=O)(=O)Nc2cccc(-c3cn4ccsc4n3)c2)c1. The van der Waals surface area contributed by atoms with Gasteiger partial charge >= 0.3 is 0 Å². The van der Waals surface area contributed by atoms with Crippen molar-refractivity contribution in [3.8, 4) is 11.3 Å². The second kappa shape index (κ2) is 6.64. The molecule has 0 unspecified atom stereocenters. The molecule has 0 radical (unpaired) electrons. The minimum atomic E-state index is -3.81. The lowest BCUT2D eigenvalue weighted by Gasteiger charge is -2.10. The minimum Gasteiger partial charge on any atom is -0.297 e. The number of benzene rings is 2. The first-order valence-corrected chi connectivity index (χ1v) is 10.5. The van der Waals surface area contributed by atoms with Crippen molar-refractivity contribution >= 4 is 37.8 Å². The summed E-state index contributed by atoms with van der Waals surface area (Å²) < 4.78 is 29.9. The molecule has 8 heteroatoms. The summed E-state index contributed by atoms with van der Waals surface area (Å²) in [6, 6.07) is 13.0. The van der Waals surface area contributed by atoms with E-state index in [-0.39, 0.29) is 10.7 Å². The number of fused-ring (bicyclic) bond motifs is 1. The molecule has 1 N–H and O–H groups in total. The molecule has 0 saturated heterocycles. The van der Waals surface area contributed by atoms with Gasteiger partial charge in [0.2, 0.25) is 0 Å². The Morgan fingerprint density at radius 2 is 1.96 bits per heavy atom. The van der Waals surface area contributed by atoms with Gasteiger partial charge in [-0.15, -0.1) is 11.3 Å². The predicted molar refractivity (Wildman–Crippen MR) is 106 cm³/mol. The lowest BCUT2D eigenvalue weighted by Crippen LogP contribution is -2.13. The second-order valence-corrected chi connectivity index (χ2v) is 8.54. The first kappa shape index (κ1) is 17.4. The third-order valence-electron chi connectivity index (χ3n) is 4.05. The minimum absolute atomic E-state index is 0.0445. The Kier molecular flexibility index (Phi) is 4.29. The highest BCUT2D eigenvalue weighted by Gasteiger charge is 2.16. The quantitative estimate of drug-likeness (QED) is 0.515. The zero-order chi connectivity index (χ0) is 19.0. The van der Waals surface area contributed by atoms with Crippen LogP contribution in [0.25, 0.3) is 16.2 Å². The molecule has 0 spiro atoms. The Labute approximate surface area is 160 Å². The molecule has 136 valence electrons. The maximum Gasteiger partial charge on any atom is 0.261 e. The van der Waals surface area contributed by atoms with E-state index in [2.05, 4.69) is 9.71 Å². The molecule has 2 heterocycles. The largest absolute Gasteiger partial charge is 0.297 e. The van der Waals surface area contributed by atoms with Crippen LogP contribution < -0.4 is 4.72 Å². The third-order valence-corrected chi connectivity index (χ3v) is 6.20. The number of Topliss-reactive ketones (excluding diaryl/α,β-unsaturated/α-hetero) is 1.